The number of rotatable bonds is 5. The highest BCUT2D eigenvalue weighted by molar-refractivity contribution is 7.80. The summed E-state index contributed by atoms with van der Waals surface area (Å²) in [6, 6.07) is 4.65. The zero-order valence-corrected chi connectivity index (χ0v) is 11.4. The SMILES string of the molecule is CNC(CCS)c1cc(C)cc(C)c1OC. The maximum Gasteiger partial charge on any atom is 0.126 e. The van der Waals surface area contributed by atoms with E-state index in [2.05, 4.69) is 43.9 Å². The molecule has 0 amide bonds. The summed E-state index contributed by atoms with van der Waals surface area (Å²) in [6.45, 7) is 4.20. The number of hydrogen-bond donors (Lipinski definition) is 2. The van der Waals surface area contributed by atoms with Crippen LogP contribution < -0.4 is 10.1 Å². The molecule has 0 saturated heterocycles. The molecule has 0 bridgehead atoms. The first-order valence-electron chi connectivity index (χ1n) is 5.57. The molecular weight excluding hydrogens is 218 g/mol. The van der Waals surface area contributed by atoms with Gasteiger partial charge in [-0.3, -0.25) is 0 Å². The monoisotopic (exact) mass is 239 g/mol. The van der Waals surface area contributed by atoms with Crippen LogP contribution in [0.2, 0.25) is 0 Å². The standard InChI is InChI=1S/C13H21NOS/c1-9-7-10(2)13(15-4)11(8-9)12(14-3)5-6-16/h7-8,12,14,16H,5-6H2,1-4H3. The van der Waals surface area contributed by atoms with Crippen molar-refractivity contribution in [2.45, 2.75) is 26.3 Å². The first-order chi connectivity index (χ1) is 7.63. The van der Waals surface area contributed by atoms with Crippen molar-refractivity contribution in [1.29, 1.82) is 0 Å². The van der Waals surface area contributed by atoms with E-state index in [1.807, 2.05) is 7.05 Å². The normalized spacial score (nSPS) is 12.6. The molecule has 1 N–H and O–H groups in total. The molecule has 0 heterocycles. The average molecular weight is 239 g/mol. The van der Waals surface area contributed by atoms with E-state index in [4.69, 9.17) is 4.74 Å². The van der Waals surface area contributed by atoms with Gasteiger partial charge >= 0.3 is 0 Å². The Bertz CT molecular complexity index is 352. The molecule has 3 heteroatoms. The van der Waals surface area contributed by atoms with Crippen LogP contribution in [-0.4, -0.2) is 19.9 Å². The molecule has 2 nitrogen and oxygen atoms in total. The predicted octanol–water partition coefficient (Wildman–Crippen LogP) is 2.89. The van der Waals surface area contributed by atoms with Gasteiger partial charge in [0.1, 0.15) is 5.75 Å². The summed E-state index contributed by atoms with van der Waals surface area (Å²) in [4.78, 5) is 0. The molecule has 1 aromatic rings. The Morgan fingerprint density at radius 1 is 1.38 bits per heavy atom. The molecule has 0 saturated carbocycles. The van der Waals surface area contributed by atoms with Crippen LogP contribution in [0.5, 0.6) is 5.75 Å². The largest absolute Gasteiger partial charge is 0.496 e. The molecule has 90 valence electrons. The molecule has 0 radical (unpaired) electrons. The Hall–Kier alpha value is -0.670. The molecule has 0 aromatic heterocycles. The van der Waals surface area contributed by atoms with Gasteiger partial charge in [-0.15, -0.1) is 0 Å². The molecule has 1 aromatic carbocycles. The molecule has 1 atom stereocenters. The fourth-order valence-electron chi connectivity index (χ4n) is 2.11. The maximum atomic E-state index is 5.50. The van der Waals surface area contributed by atoms with Gasteiger partial charge in [0.25, 0.3) is 0 Å². The van der Waals surface area contributed by atoms with Gasteiger partial charge in [0, 0.05) is 11.6 Å². The van der Waals surface area contributed by atoms with E-state index < -0.39 is 0 Å². The fraction of sp³-hybridized carbons (Fsp3) is 0.538. The minimum Gasteiger partial charge on any atom is -0.496 e. The van der Waals surface area contributed by atoms with Gasteiger partial charge in [0.15, 0.2) is 0 Å². The fourth-order valence-corrected chi connectivity index (χ4v) is 2.37. The lowest BCUT2D eigenvalue weighted by molar-refractivity contribution is 0.397. The number of aryl methyl sites for hydroxylation is 2. The molecule has 16 heavy (non-hydrogen) atoms. The Morgan fingerprint density at radius 2 is 2.06 bits per heavy atom. The van der Waals surface area contributed by atoms with E-state index in [1.54, 1.807) is 7.11 Å². The smallest absolute Gasteiger partial charge is 0.126 e. The van der Waals surface area contributed by atoms with E-state index in [0.717, 1.165) is 17.9 Å². The zero-order chi connectivity index (χ0) is 12.1. The summed E-state index contributed by atoms with van der Waals surface area (Å²) in [5, 5.41) is 3.32. The topological polar surface area (TPSA) is 21.3 Å². The molecule has 0 spiro atoms. The van der Waals surface area contributed by atoms with Crippen LogP contribution in [0.1, 0.15) is 29.2 Å². The van der Waals surface area contributed by atoms with Gasteiger partial charge < -0.3 is 10.1 Å². The Morgan fingerprint density at radius 3 is 2.56 bits per heavy atom. The van der Waals surface area contributed by atoms with Crippen molar-refractivity contribution in [2.24, 2.45) is 0 Å². The highest BCUT2D eigenvalue weighted by atomic mass is 32.1. The van der Waals surface area contributed by atoms with Gasteiger partial charge in [-0.2, -0.15) is 12.6 Å². The Balaban J connectivity index is 3.17. The zero-order valence-electron chi connectivity index (χ0n) is 10.5. The van der Waals surface area contributed by atoms with Crippen molar-refractivity contribution in [1.82, 2.24) is 5.32 Å². The van der Waals surface area contributed by atoms with Crippen LogP contribution in [0.3, 0.4) is 0 Å². The van der Waals surface area contributed by atoms with E-state index in [9.17, 15) is 0 Å². The quantitative estimate of drug-likeness (QED) is 0.771. The molecule has 0 aliphatic carbocycles. The summed E-state index contributed by atoms with van der Waals surface area (Å²) in [7, 11) is 3.71. The van der Waals surface area contributed by atoms with Crippen LogP contribution in [-0.2, 0) is 0 Å². The van der Waals surface area contributed by atoms with E-state index >= 15 is 0 Å². The van der Waals surface area contributed by atoms with E-state index in [1.165, 1.54) is 16.7 Å². The van der Waals surface area contributed by atoms with Gasteiger partial charge in [-0.1, -0.05) is 17.7 Å². The van der Waals surface area contributed by atoms with Crippen molar-refractivity contribution in [2.75, 3.05) is 19.9 Å². The van der Waals surface area contributed by atoms with Crippen LogP contribution in [0.4, 0.5) is 0 Å². The second-order valence-electron chi connectivity index (χ2n) is 4.06. The maximum absolute atomic E-state index is 5.50. The lowest BCUT2D eigenvalue weighted by atomic mass is 9.98. The van der Waals surface area contributed by atoms with E-state index in [-0.39, 0.29) is 0 Å². The lowest BCUT2D eigenvalue weighted by Crippen LogP contribution is -2.18. The van der Waals surface area contributed by atoms with Crippen LogP contribution in [0, 0.1) is 13.8 Å². The average Bonchev–Trinajstić information content (AvgIpc) is 2.25. The second kappa shape index (κ2) is 6.16. The lowest BCUT2D eigenvalue weighted by Gasteiger charge is -2.20. The highest BCUT2D eigenvalue weighted by Crippen LogP contribution is 2.31. The van der Waals surface area contributed by atoms with Crippen molar-refractivity contribution in [3.8, 4) is 5.75 Å². The summed E-state index contributed by atoms with van der Waals surface area (Å²) >= 11 is 4.30. The number of benzene rings is 1. The van der Waals surface area contributed by atoms with Crippen LogP contribution >= 0.6 is 12.6 Å². The first kappa shape index (κ1) is 13.4. The van der Waals surface area contributed by atoms with Gasteiger partial charge in [0.05, 0.1) is 7.11 Å². The number of nitrogens with one attached hydrogen (secondary N) is 1. The molecule has 0 aliphatic rings. The Kier molecular flexibility index (Phi) is 5.16. The van der Waals surface area contributed by atoms with Crippen molar-refractivity contribution >= 4 is 12.6 Å². The third-order valence-corrected chi connectivity index (χ3v) is 3.05. The van der Waals surface area contributed by atoms with Crippen LogP contribution in [0.25, 0.3) is 0 Å². The Labute approximate surface area is 104 Å². The van der Waals surface area contributed by atoms with Crippen LogP contribution in [0.15, 0.2) is 12.1 Å². The summed E-state index contributed by atoms with van der Waals surface area (Å²) < 4.78 is 5.50. The van der Waals surface area contributed by atoms with Gasteiger partial charge in [-0.25, -0.2) is 0 Å². The summed E-state index contributed by atoms with van der Waals surface area (Å²) in [5.41, 5.74) is 3.70. The van der Waals surface area contributed by atoms with Gasteiger partial charge in [0.2, 0.25) is 0 Å². The minimum atomic E-state index is 0.311. The molecular formula is C13H21NOS. The number of thiol groups is 1. The van der Waals surface area contributed by atoms with Gasteiger partial charge in [-0.05, 0) is 38.6 Å². The molecule has 0 fully saturated rings. The third kappa shape index (κ3) is 2.92. The molecule has 1 rings (SSSR count). The predicted molar refractivity (Wildman–Crippen MR) is 72.7 cm³/mol. The second-order valence-corrected chi connectivity index (χ2v) is 4.51. The third-order valence-electron chi connectivity index (χ3n) is 2.79. The minimum absolute atomic E-state index is 0.311. The van der Waals surface area contributed by atoms with E-state index in [0.29, 0.717) is 6.04 Å². The van der Waals surface area contributed by atoms with Crippen molar-refractivity contribution in [3.63, 3.8) is 0 Å². The molecule has 0 aliphatic heterocycles. The summed E-state index contributed by atoms with van der Waals surface area (Å²) in [6.07, 6.45) is 0.999. The number of hydrogen-bond acceptors (Lipinski definition) is 3. The first-order valence-corrected chi connectivity index (χ1v) is 6.20. The summed E-state index contributed by atoms with van der Waals surface area (Å²) in [5.74, 6) is 1.86. The number of ether oxygens (including phenoxy) is 1. The highest BCUT2D eigenvalue weighted by Gasteiger charge is 2.15. The van der Waals surface area contributed by atoms with Crippen molar-refractivity contribution < 1.29 is 4.74 Å². The van der Waals surface area contributed by atoms with Crippen molar-refractivity contribution in [3.05, 3.63) is 28.8 Å². The molecule has 1 unspecified atom stereocenters. The number of methoxy groups -OCH3 is 1.